The number of piperazine rings is 1. The van der Waals surface area contributed by atoms with Gasteiger partial charge in [-0.3, -0.25) is 19.1 Å². The van der Waals surface area contributed by atoms with Crippen molar-refractivity contribution >= 4 is 40.1 Å². The van der Waals surface area contributed by atoms with Crippen LogP contribution in [0.4, 0.5) is 10.2 Å². The number of hydrogen-bond acceptors (Lipinski definition) is 6. The number of amides is 2. The number of nitrogens with one attached hydrogen (secondary N) is 1. The van der Waals surface area contributed by atoms with Gasteiger partial charge in [-0.25, -0.2) is 9.18 Å². The largest absolute Gasteiger partial charge is 0.354 e. The van der Waals surface area contributed by atoms with Crippen LogP contribution in [-0.4, -0.2) is 56.9 Å². The van der Waals surface area contributed by atoms with Crippen molar-refractivity contribution in [3.8, 4) is 16.8 Å². The zero-order valence-electron chi connectivity index (χ0n) is 24.9. The lowest BCUT2D eigenvalue weighted by Gasteiger charge is -2.40. The second-order valence-electron chi connectivity index (χ2n) is 11.6. The molecule has 2 aromatic carbocycles. The third-order valence-corrected chi connectivity index (χ3v) is 8.75. The average Bonchev–Trinajstić information content (AvgIpc) is 3.14. The number of aryl methyl sites for hydroxylation is 1. The topological polar surface area (TPSA) is 100 Å². The maximum Gasteiger partial charge on any atom is 0.354 e. The molecular formula is C33H32ClFN6O3. The molecule has 0 unspecified atom stereocenters. The van der Waals surface area contributed by atoms with Gasteiger partial charge < -0.3 is 15.1 Å². The van der Waals surface area contributed by atoms with Crippen LogP contribution in [0.2, 0.25) is 5.02 Å². The van der Waals surface area contributed by atoms with Crippen molar-refractivity contribution in [3.63, 3.8) is 0 Å². The van der Waals surface area contributed by atoms with Gasteiger partial charge in [-0.2, -0.15) is 4.98 Å². The van der Waals surface area contributed by atoms with Gasteiger partial charge in [-0.05, 0) is 55.7 Å². The third-order valence-electron chi connectivity index (χ3n) is 8.45. The maximum absolute atomic E-state index is 15.6. The lowest BCUT2D eigenvalue weighted by Crippen LogP contribution is -2.54. The van der Waals surface area contributed by atoms with Crippen molar-refractivity contribution in [3.05, 3.63) is 92.9 Å². The fourth-order valence-electron chi connectivity index (χ4n) is 6.40. The number of carbonyl (C=O) groups is 2. The van der Waals surface area contributed by atoms with Gasteiger partial charge in [-0.1, -0.05) is 38.1 Å². The number of nitrogens with zero attached hydrogens (tertiary/aromatic N) is 5. The molecule has 0 aliphatic carbocycles. The number of pyridine rings is 1. The molecule has 1 N–H and O–H groups in total. The molecular weight excluding hydrogens is 583 g/mol. The molecule has 2 aromatic heterocycles. The summed E-state index contributed by atoms with van der Waals surface area (Å²) in [7, 11) is 0. The molecule has 1 atom stereocenters. The first-order valence-electron chi connectivity index (χ1n) is 14.5. The zero-order chi connectivity index (χ0) is 31.4. The summed E-state index contributed by atoms with van der Waals surface area (Å²) in [5, 5.41) is 3.69. The molecule has 1 fully saturated rings. The number of halogens is 2. The molecule has 2 aliphatic rings. The van der Waals surface area contributed by atoms with Gasteiger partial charge in [0.1, 0.15) is 11.6 Å². The molecule has 0 spiro atoms. The highest BCUT2D eigenvalue weighted by molar-refractivity contribution is 6.35. The molecule has 4 aromatic rings. The van der Waals surface area contributed by atoms with Crippen molar-refractivity contribution in [2.24, 2.45) is 0 Å². The molecule has 0 saturated carbocycles. The van der Waals surface area contributed by atoms with Gasteiger partial charge in [0.2, 0.25) is 5.91 Å². The van der Waals surface area contributed by atoms with Crippen molar-refractivity contribution in [1.29, 1.82) is 0 Å². The molecule has 11 heteroatoms. The monoisotopic (exact) mass is 614 g/mol. The summed E-state index contributed by atoms with van der Waals surface area (Å²) in [5.41, 5.74) is 3.08. The average molecular weight is 615 g/mol. The maximum atomic E-state index is 15.6. The van der Waals surface area contributed by atoms with E-state index in [1.54, 1.807) is 23.2 Å². The van der Waals surface area contributed by atoms with E-state index in [1.165, 1.54) is 22.8 Å². The number of carbonyl (C=O) groups excluding carboxylic acids is 2. The molecule has 0 bridgehead atoms. The Balaban J connectivity index is 1.73. The fourth-order valence-corrected chi connectivity index (χ4v) is 6.72. The molecule has 44 heavy (non-hydrogen) atoms. The SMILES string of the molecule is C=CC(=O)N1CCN(c2nc(=O)n(-c3c(C)ccnc3C(C)C)c3c4c(c(Cl)cc23)-c2c(F)cccc2C(=O)NC4)[C@@H](C)C1. The Labute approximate surface area is 259 Å². The fraction of sp³-hybridized carbons (Fsp3) is 0.303. The first-order valence-corrected chi connectivity index (χ1v) is 14.9. The van der Waals surface area contributed by atoms with Crippen molar-refractivity contribution in [2.75, 3.05) is 24.5 Å². The normalized spacial score (nSPS) is 16.4. The quantitative estimate of drug-likeness (QED) is 0.320. The van der Waals surface area contributed by atoms with Crippen LogP contribution in [0.1, 0.15) is 53.9 Å². The van der Waals surface area contributed by atoms with E-state index in [9.17, 15) is 14.4 Å². The van der Waals surface area contributed by atoms with E-state index in [0.29, 0.717) is 58.9 Å². The molecule has 226 valence electrons. The van der Waals surface area contributed by atoms with Crippen LogP contribution in [-0.2, 0) is 11.3 Å². The van der Waals surface area contributed by atoms with E-state index in [0.717, 1.165) is 5.56 Å². The van der Waals surface area contributed by atoms with Gasteiger partial charge in [0.05, 0.1) is 22.5 Å². The number of hydrogen-bond donors (Lipinski definition) is 1. The lowest BCUT2D eigenvalue weighted by molar-refractivity contribution is -0.126. The molecule has 9 nitrogen and oxygen atoms in total. The standard InChI is InChI=1S/C33H32ClFN6O3/c1-6-25(42)39-12-13-40(19(5)16-39)31-21-14-23(34)26-22(15-37-32(43)20-8-7-9-24(35)27(20)26)30(21)41(33(44)38-31)29-18(4)10-11-36-28(29)17(2)3/h6-11,14,17,19H,1,12-13,15-16H2,2-5H3,(H,37,43)/t19-/m0/s1. The van der Waals surface area contributed by atoms with E-state index in [-0.39, 0.29) is 40.6 Å². The van der Waals surface area contributed by atoms with Crippen LogP contribution in [0.25, 0.3) is 27.7 Å². The Morgan fingerprint density at radius 3 is 2.68 bits per heavy atom. The minimum atomic E-state index is -0.595. The van der Waals surface area contributed by atoms with Crippen LogP contribution in [0, 0.1) is 12.7 Å². The van der Waals surface area contributed by atoms with Crippen LogP contribution >= 0.6 is 11.6 Å². The predicted octanol–water partition coefficient (Wildman–Crippen LogP) is 5.14. The van der Waals surface area contributed by atoms with Gasteiger partial charge in [0, 0.05) is 65.5 Å². The highest BCUT2D eigenvalue weighted by atomic mass is 35.5. The van der Waals surface area contributed by atoms with Gasteiger partial charge in [0.15, 0.2) is 0 Å². The minimum Gasteiger partial charge on any atom is -0.350 e. The Bertz CT molecular complexity index is 1940. The predicted molar refractivity (Wildman–Crippen MR) is 169 cm³/mol. The van der Waals surface area contributed by atoms with Gasteiger partial charge in [0.25, 0.3) is 5.91 Å². The van der Waals surface area contributed by atoms with Crippen LogP contribution in [0.5, 0.6) is 0 Å². The van der Waals surface area contributed by atoms with E-state index in [4.69, 9.17) is 11.6 Å². The number of aromatic nitrogens is 3. The summed E-state index contributed by atoms with van der Waals surface area (Å²) in [5.74, 6) is -0.836. The highest BCUT2D eigenvalue weighted by Crippen LogP contribution is 2.44. The molecule has 4 heterocycles. The second-order valence-corrected chi connectivity index (χ2v) is 12.0. The van der Waals surface area contributed by atoms with E-state index in [1.807, 2.05) is 38.7 Å². The van der Waals surface area contributed by atoms with Gasteiger partial charge in [-0.15, -0.1) is 0 Å². The summed E-state index contributed by atoms with van der Waals surface area (Å²) in [6.45, 7) is 12.7. The summed E-state index contributed by atoms with van der Waals surface area (Å²) >= 11 is 7.01. The molecule has 6 rings (SSSR count). The first-order chi connectivity index (χ1) is 21.0. The van der Waals surface area contributed by atoms with E-state index >= 15 is 4.39 Å². The Morgan fingerprint density at radius 2 is 1.98 bits per heavy atom. The van der Waals surface area contributed by atoms with Crippen molar-refractivity contribution in [2.45, 2.75) is 46.2 Å². The number of benzene rings is 2. The van der Waals surface area contributed by atoms with E-state index < -0.39 is 17.4 Å². The van der Waals surface area contributed by atoms with E-state index in [2.05, 4.69) is 21.9 Å². The molecule has 2 aliphatic heterocycles. The van der Waals surface area contributed by atoms with Crippen molar-refractivity contribution in [1.82, 2.24) is 24.8 Å². The Kier molecular flexibility index (Phi) is 7.49. The number of anilines is 1. The molecule has 2 amide bonds. The minimum absolute atomic E-state index is 0.00424. The van der Waals surface area contributed by atoms with Crippen LogP contribution < -0.4 is 15.9 Å². The summed E-state index contributed by atoms with van der Waals surface area (Å²) < 4.78 is 17.1. The number of rotatable bonds is 4. The lowest BCUT2D eigenvalue weighted by atomic mass is 9.93. The summed E-state index contributed by atoms with van der Waals surface area (Å²) in [6.07, 6.45) is 3.00. The summed E-state index contributed by atoms with van der Waals surface area (Å²) in [4.78, 5) is 52.8. The first kappa shape index (κ1) is 29.5. The van der Waals surface area contributed by atoms with Crippen LogP contribution in [0.3, 0.4) is 0 Å². The van der Waals surface area contributed by atoms with Gasteiger partial charge >= 0.3 is 5.69 Å². The molecule has 1 saturated heterocycles. The zero-order valence-corrected chi connectivity index (χ0v) is 25.7. The highest BCUT2D eigenvalue weighted by Gasteiger charge is 2.33. The third kappa shape index (κ3) is 4.64. The smallest absolute Gasteiger partial charge is 0.350 e. The Hall–Kier alpha value is -4.57. The molecule has 0 radical (unpaired) electrons. The summed E-state index contributed by atoms with van der Waals surface area (Å²) in [6, 6.07) is 7.67. The van der Waals surface area contributed by atoms with Crippen molar-refractivity contribution < 1.29 is 14.0 Å². The number of fused-ring (bicyclic) bond motifs is 5. The van der Waals surface area contributed by atoms with Crippen LogP contribution in [0.15, 0.2) is 54.0 Å². The second kappa shape index (κ2) is 11.2. The Morgan fingerprint density at radius 1 is 1.20 bits per heavy atom.